The second-order valence-corrected chi connectivity index (χ2v) is 10.1. The van der Waals surface area contributed by atoms with Crippen molar-refractivity contribution in [3.05, 3.63) is 105 Å². The predicted octanol–water partition coefficient (Wildman–Crippen LogP) is 3.31. The van der Waals surface area contributed by atoms with Crippen LogP contribution in [-0.2, 0) is 24.5 Å². The molecule has 1 aliphatic heterocycles. The number of fused-ring (bicyclic) bond motifs is 7. The zero-order chi connectivity index (χ0) is 26.2. The molecule has 0 N–H and O–H groups in total. The normalized spacial score (nSPS) is 27.2. The maximum Gasteiger partial charge on any atom is 0.344 e. The van der Waals surface area contributed by atoms with E-state index >= 15 is 0 Å². The minimum Gasteiger partial charge on any atom is -0.475 e. The minimum absolute atomic E-state index is 0.0392. The summed E-state index contributed by atoms with van der Waals surface area (Å²) in [5.41, 5.74) is 4.20. The molecule has 190 valence electrons. The molecule has 0 aromatic heterocycles. The van der Waals surface area contributed by atoms with Gasteiger partial charge in [-0.3, -0.25) is 24.6 Å². The molecule has 1 spiro atoms. The van der Waals surface area contributed by atoms with Crippen LogP contribution in [0.5, 0.6) is 5.75 Å². The van der Waals surface area contributed by atoms with E-state index in [4.69, 9.17) is 9.47 Å². The number of rotatable bonds is 7. The monoisotopic (exact) mass is 510 g/mol. The molecule has 7 rings (SSSR count). The van der Waals surface area contributed by atoms with Crippen molar-refractivity contribution in [3.8, 4) is 5.75 Å². The van der Waals surface area contributed by atoms with Crippen LogP contribution in [0, 0.1) is 22.0 Å². The number of likely N-dealkylation sites (tertiary alicyclic amines) is 1. The molecule has 3 aliphatic carbocycles. The van der Waals surface area contributed by atoms with Gasteiger partial charge in [0.25, 0.3) is 0 Å². The first kappa shape index (κ1) is 22.7. The van der Waals surface area contributed by atoms with Gasteiger partial charge in [0.2, 0.25) is 11.8 Å². The molecular weight excluding hydrogens is 488 g/mol. The van der Waals surface area contributed by atoms with Crippen molar-refractivity contribution in [1.82, 2.24) is 4.90 Å². The molecular formula is C29H22N2O7. The number of benzene rings is 3. The first-order valence-corrected chi connectivity index (χ1v) is 12.5. The Morgan fingerprint density at radius 1 is 0.868 bits per heavy atom. The van der Waals surface area contributed by atoms with Crippen molar-refractivity contribution in [2.24, 2.45) is 11.8 Å². The van der Waals surface area contributed by atoms with E-state index < -0.39 is 29.3 Å². The van der Waals surface area contributed by atoms with E-state index in [1.54, 1.807) is 6.07 Å². The number of carbonyl (C=O) groups excluding carboxylic acids is 3. The molecule has 1 saturated heterocycles. The lowest BCUT2D eigenvalue weighted by atomic mass is 9.43. The number of para-hydroxylation sites is 2. The Hall–Kier alpha value is -4.53. The average molecular weight is 511 g/mol. The van der Waals surface area contributed by atoms with Gasteiger partial charge < -0.3 is 9.47 Å². The van der Waals surface area contributed by atoms with Crippen LogP contribution in [0.3, 0.4) is 0 Å². The molecule has 0 radical (unpaired) electrons. The Morgan fingerprint density at radius 3 is 2.03 bits per heavy atom. The van der Waals surface area contributed by atoms with E-state index in [0.717, 1.165) is 11.1 Å². The Bertz CT molecular complexity index is 1470. The molecule has 9 heteroatoms. The van der Waals surface area contributed by atoms with Gasteiger partial charge in [0.05, 0.1) is 23.3 Å². The summed E-state index contributed by atoms with van der Waals surface area (Å²) in [5.74, 6) is -2.18. The van der Waals surface area contributed by atoms with Crippen LogP contribution in [0.4, 0.5) is 5.69 Å². The summed E-state index contributed by atoms with van der Waals surface area (Å²) >= 11 is 0. The Morgan fingerprint density at radius 2 is 1.42 bits per heavy atom. The van der Waals surface area contributed by atoms with Crippen LogP contribution in [0.15, 0.2) is 72.8 Å². The van der Waals surface area contributed by atoms with Crippen LogP contribution < -0.4 is 4.74 Å². The fraction of sp³-hybridized carbons (Fsp3) is 0.276. The van der Waals surface area contributed by atoms with Crippen molar-refractivity contribution in [1.29, 1.82) is 0 Å². The molecule has 2 amide bonds. The van der Waals surface area contributed by atoms with Crippen molar-refractivity contribution in [2.75, 3.05) is 19.8 Å². The lowest BCUT2D eigenvalue weighted by Crippen LogP contribution is -2.55. The first-order valence-electron chi connectivity index (χ1n) is 12.5. The zero-order valence-electron chi connectivity index (χ0n) is 20.1. The summed E-state index contributed by atoms with van der Waals surface area (Å²) in [5, 5.41) is 11.1. The highest BCUT2D eigenvalue weighted by atomic mass is 16.6. The summed E-state index contributed by atoms with van der Waals surface area (Å²) in [6.07, 6.45) is 0. The van der Waals surface area contributed by atoms with Gasteiger partial charge in [-0.2, -0.15) is 0 Å². The largest absolute Gasteiger partial charge is 0.475 e. The molecule has 1 unspecified atom stereocenters. The molecule has 2 fully saturated rings. The fourth-order valence-corrected chi connectivity index (χ4v) is 7.44. The molecule has 9 nitrogen and oxygen atoms in total. The van der Waals surface area contributed by atoms with E-state index in [2.05, 4.69) is 24.3 Å². The number of nitrogens with zero attached hydrogens (tertiary/aromatic N) is 2. The number of esters is 1. The van der Waals surface area contributed by atoms with Crippen LogP contribution in [0.1, 0.15) is 34.1 Å². The van der Waals surface area contributed by atoms with Gasteiger partial charge in [-0.25, -0.2) is 4.79 Å². The van der Waals surface area contributed by atoms with E-state index in [9.17, 15) is 24.5 Å². The van der Waals surface area contributed by atoms with E-state index in [0.29, 0.717) is 0 Å². The number of hydrogen-bond donors (Lipinski definition) is 0. The number of carbonyl (C=O) groups is 3. The number of amides is 2. The molecule has 1 heterocycles. The molecule has 3 aromatic carbocycles. The third kappa shape index (κ3) is 2.73. The SMILES string of the molecule is O=C(COc1ccccc1[N+](=O)[O-])OCCN1C(=O)[C@H]2[C@H](C1=O)[C@@H]1c3ccccc3C13c1ccccc1[C@H]23. The Labute approximate surface area is 217 Å². The standard InChI is InChI=1S/C29H22N2O7/c32-22(15-38-21-12-6-5-11-20(21)31(35)36)37-14-13-30-27(33)23-24(28(30)34)26-17-8-2-4-10-19(17)29(26)18-9-3-1-7-16(18)25(23)29/h1-12,23-26H,13-15H2/t23-,24-,25-,26+,29?/m0/s1. The highest BCUT2D eigenvalue weighted by Gasteiger charge is 2.78. The van der Waals surface area contributed by atoms with Gasteiger partial charge in [-0.1, -0.05) is 60.7 Å². The maximum atomic E-state index is 13.6. The second-order valence-electron chi connectivity index (χ2n) is 10.1. The van der Waals surface area contributed by atoms with Gasteiger partial charge in [-0.05, 0) is 28.3 Å². The lowest BCUT2D eigenvalue weighted by Gasteiger charge is -2.59. The minimum atomic E-state index is -0.748. The molecule has 1 saturated carbocycles. The molecule has 38 heavy (non-hydrogen) atoms. The Balaban J connectivity index is 1.05. The smallest absolute Gasteiger partial charge is 0.344 e. The van der Waals surface area contributed by atoms with E-state index in [1.807, 2.05) is 24.3 Å². The van der Waals surface area contributed by atoms with Gasteiger partial charge in [0, 0.05) is 23.3 Å². The predicted molar refractivity (Wildman–Crippen MR) is 132 cm³/mol. The van der Waals surface area contributed by atoms with Gasteiger partial charge in [0.1, 0.15) is 6.61 Å². The van der Waals surface area contributed by atoms with Gasteiger partial charge in [-0.15, -0.1) is 0 Å². The summed E-state index contributed by atoms with van der Waals surface area (Å²) in [6.45, 7) is -0.750. The number of ether oxygens (including phenoxy) is 2. The number of imide groups is 1. The number of hydrogen-bond acceptors (Lipinski definition) is 7. The van der Waals surface area contributed by atoms with Crippen molar-refractivity contribution in [2.45, 2.75) is 17.3 Å². The highest BCUT2D eigenvalue weighted by Crippen LogP contribution is 2.80. The third-order valence-corrected chi connectivity index (χ3v) is 8.66. The summed E-state index contributed by atoms with van der Waals surface area (Å²) in [4.78, 5) is 51.2. The third-order valence-electron chi connectivity index (χ3n) is 8.66. The van der Waals surface area contributed by atoms with Crippen LogP contribution in [-0.4, -0.2) is 47.4 Å². The molecule has 3 aromatic rings. The quantitative estimate of drug-likeness (QED) is 0.207. The van der Waals surface area contributed by atoms with E-state index in [1.165, 1.54) is 34.2 Å². The number of nitro groups is 1. The second kappa shape index (κ2) is 7.98. The van der Waals surface area contributed by atoms with Crippen LogP contribution >= 0.6 is 0 Å². The lowest BCUT2D eigenvalue weighted by molar-refractivity contribution is -0.385. The summed E-state index contributed by atoms with van der Waals surface area (Å²) < 4.78 is 10.5. The van der Waals surface area contributed by atoms with Crippen molar-refractivity contribution >= 4 is 23.5 Å². The van der Waals surface area contributed by atoms with Crippen LogP contribution in [0.2, 0.25) is 0 Å². The van der Waals surface area contributed by atoms with Gasteiger partial charge in [0.15, 0.2) is 12.4 Å². The molecule has 4 aliphatic rings. The topological polar surface area (TPSA) is 116 Å². The van der Waals surface area contributed by atoms with Gasteiger partial charge >= 0.3 is 11.7 Å². The number of nitro benzene ring substituents is 1. The zero-order valence-corrected chi connectivity index (χ0v) is 20.1. The summed E-state index contributed by atoms with van der Waals surface area (Å²) in [7, 11) is 0. The molecule has 0 bridgehead atoms. The maximum absolute atomic E-state index is 13.6. The van der Waals surface area contributed by atoms with E-state index in [-0.39, 0.29) is 53.7 Å². The van der Waals surface area contributed by atoms with Crippen molar-refractivity contribution < 1.29 is 28.8 Å². The Kier molecular flexibility index (Phi) is 4.76. The fourth-order valence-electron chi connectivity index (χ4n) is 7.44. The molecule has 5 atom stereocenters. The van der Waals surface area contributed by atoms with Crippen LogP contribution in [0.25, 0.3) is 0 Å². The first-order chi connectivity index (χ1) is 18.5. The summed E-state index contributed by atoms with van der Waals surface area (Å²) in [6, 6.07) is 22.1. The van der Waals surface area contributed by atoms with Crippen molar-refractivity contribution in [3.63, 3.8) is 0 Å². The highest BCUT2D eigenvalue weighted by molar-refractivity contribution is 6.08. The average Bonchev–Trinajstić information content (AvgIpc) is 3.27.